The summed E-state index contributed by atoms with van der Waals surface area (Å²) in [6.07, 6.45) is 0. The van der Waals surface area contributed by atoms with Gasteiger partial charge in [-0.25, -0.2) is 4.98 Å². The Labute approximate surface area is 99.7 Å². The second-order valence-electron chi connectivity index (χ2n) is 3.53. The summed E-state index contributed by atoms with van der Waals surface area (Å²) < 4.78 is 0. The van der Waals surface area contributed by atoms with Gasteiger partial charge in [-0.1, -0.05) is 13.8 Å². The summed E-state index contributed by atoms with van der Waals surface area (Å²) in [5.74, 6) is -0.00409. The third-order valence-corrected chi connectivity index (χ3v) is 2.85. The van der Waals surface area contributed by atoms with Crippen molar-refractivity contribution < 1.29 is 4.79 Å². The standard InChI is InChI=1S/C9H15N3OS.ClH/c1-5(2)7(10)8(13)12-9-6(3)11-4-14-9;/h4-5,7H,10H2,1-3H3,(H,12,13);1H/t7-;/m1./s1. The number of carbonyl (C=O) groups excluding carboxylic acids is 1. The zero-order valence-electron chi connectivity index (χ0n) is 8.98. The molecule has 1 aromatic heterocycles. The van der Waals surface area contributed by atoms with Crippen molar-refractivity contribution in [3.05, 3.63) is 11.2 Å². The van der Waals surface area contributed by atoms with Crippen LogP contribution in [0.2, 0.25) is 0 Å². The minimum atomic E-state index is -0.462. The zero-order valence-corrected chi connectivity index (χ0v) is 10.6. The number of rotatable bonds is 3. The molecule has 3 N–H and O–H groups in total. The van der Waals surface area contributed by atoms with Crippen LogP contribution in [-0.2, 0) is 4.79 Å². The lowest BCUT2D eigenvalue weighted by atomic mass is 10.1. The van der Waals surface area contributed by atoms with E-state index in [0.717, 1.165) is 10.7 Å². The monoisotopic (exact) mass is 249 g/mol. The van der Waals surface area contributed by atoms with Crippen molar-refractivity contribution >= 4 is 34.7 Å². The van der Waals surface area contributed by atoms with Gasteiger partial charge in [-0.15, -0.1) is 23.7 Å². The summed E-state index contributed by atoms with van der Waals surface area (Å²) >= 11 is 1.41. The highest BCUT2D eigenvalue weighted by Crippen LogP contribution is 2.19. The second kappa shape index (κ2) is 6.05. The Bertz CT molecular complexity index is 327. The number of anilines is 1. The molecule has 1 heterocycles. The number of halogens is 1. The molecule has 0 aromatic carbocycles. The van der Waals surface area contributed by atoms with Crippen molar-refractivity contribution in [3.8, 4) is 0 Å². The number of hydrogen-bond donors (Lipinski definition) is 2. The third kappa shape index (κ3) is 3.77. The normalized spacial score (nSPS) is 12.1. The van der Waals surface area contributed by atoms with Gasteiger partial charge in [0.05, 0.1) is 17.2 Å². The number of carbonyl (C=O) groups is 1. The van der Waals surface area contributed by atoms with Crippen LogP contribution in [0, 0.1) is 12.8 Å². The smallest absolute Gasteiger partial charge is 0.242 e. The molecule has 1 rings (SSSR count). The lowest BCUT2D eigenvalue weighted by Gasteiger charge is -2.14. The van der Waals surface area contributed by atoms with Crippen molar-refractivity contribution in [2.24, 2.45) is 11.7 Å². The van der Waals surface area contributed by atoms with E-state index in [1.54, 1.807) is 5.51 Å². The molecule has 0 aliphatic rings. The van der Waals surface area contributed by atoms with Crippen LogP contribution in [0.3, 0.4) is 0 Å². The van der Waals surface area contributed by atoms with Gasteiger partial charge in [0.15, 0.2) is 0 Å². The Morgan fingerprint density at radius 1 is 1.60 bits per heavy atom. The van der Waals surface area contributed by atoms with Crippen LogP contribution in [0.5, 0.6) is 0 Å². The van der Waals surface area contributed by atoms with Gasteiger partial charge in [0.1, 0.15) is 5.00 Å². The quantitative estimate of drug-likeness (QED) is 0.858. The maximum atomic E-state index is 11.5. The van der Waals surface area contributed by atoms with E-state index in [9.17, 15) is 4.79 Å². The van der Waals surface area contributed by atoms with E-state index in [1.165, 1.54) is 11.3 Å². The Morgan fingerprint density at radius 3 is 2.60 bits per heavy atom. The maximum absolute atomic E-state index is 11.5. The predicted octanol–water partition coefficient (Wildman–Crippen LogP) is 1.80. The van der Waals surface area contributed by atoms with Gasteiger partial charge in [0, 0.05) is 0 Å². The summed E-state index contributed by atoms with van der Waals surface area (Å²) in [6.45, 7) is 5.70. The van der Waals surface area contributed by atoms with Crippen molar-refractivity contribution in [2.75, 3.05) is 5.32 Å². The second-order valence-corrected chi connectivity index (χ2v) is 4.38. The van der Waals surface area contributed by atoms with Crippen molar-refractivity contribution in [1.82, 2.24) is 4.98 Å². The molecule has 1 aromatic rings. The fraction of sp³-hybridized carbons (Fsp3) is 0.556. The number of nitrogens with two attached hydrogens (primary N) is 1. The number of nitrogens with zero attached hydrogens (tertiary/aromatic N) is 1. The van der Waals surface area contributed by atoms with E-state index in [2.05, 4.69) is 10.3 Å². The Morgan fingerprint density at radius 2 is 2.20 bits per heavy atom. The van der Waals surface area contributed by atoms with Gasteiger partial charge in [-0.2, -0.15) is 0 Å². The molecule has 86 valence electrons. The van der Waals surface area contributed by atoms with Crippen molar-refractivity contribution in [3.63, 3.8) is 0 Å². The van der Waals surface area contributed by atoms with Crippen molar-refractivity contribution in [2.45, 2.75) is 26.8 Å². The molecule has 0 unspecified atom stereocenters. The van der Waals surface area contributed by atoms with Gasteiger partial charge in [-0.3, -0.25) is 4.79 Å². The van der Waals surface area contributed by atoms with E-state index in [1.807, 2.05) is 20.8 Å². The van der Waals surface area contributed by atoms with Crippen molar-refractivity contribution in [1.29, 1.82) is 0 Å². The molecule has 15 heavy (non-hydrogen) atoms. The van der Waals surface area contributed by atoms with Crippen LogP contribution in [0.1, 0.15) is 19.5 Å². The van der Waals surface area contributed by atoms with E-state index < -0.39 is 6.04 Å². The molecule has 0 aliphatic heterocycles. The SMILES string of the molecule is Cc1ncsc1NC(=O)[C@H](N)C(C)C.Cl. The molecule has 0 radical (unpaired) electrons. The summed E-state index contributed by atoms with van der Waals surface area (Å²) in [5, 5.41) is 3.55. The summed E-state index contributed by atoms with van der Waals surface area (Å²) in [6, 6.07) is -0.462. The summed E-state index contributed by atoms with van der Waals surface area (Å²) in [5.41, 5.74) is 8.23. The van der Waals surface area contributed by atoms with Gasteiger partial charge in [0.2, 0.25) is 5.91 Å². The average molecular weight is 250 g/mol. The van der Waals surface area contributed by atoms with Crippen LogP contribution >= 0.6 is 23.7 Å². The third-order valence-electron chi connectivity index (χ3n) is 2.00. The van der Waals surface area contributed by atoms with Crippen LogP contribution in [0.15, 0.2) is 5.51 Å². The molecule has 0 bridgehead atoms. The first kappa shape index (κ1) is 14.3. The lowest BCUT2D eigenvalue weighted by Crippen LogP contribution is -2.39. The molecule has 6 heteroatoms. The number of thiazole rings is 1. The Hall–Kier alpha value is -0.650. The van der Waals surface area contributed by atoms with E-state index in [-0.39, 0.29) is 24.2 Å². The van der Waals surface area contributed by atoms with E-state index >= 15 is 0 Å². The number of nitrogens with one attached hydrogen (secondary N) is 1. The maximum Gasteiger partial charge on any atom is 0.242 e. The van der Waals surface area contributed by atoms with Crippen LogP contribution in [0.4, 0.5) is 5.00 Å². The molecular weight excluding hydrogens is 234 g/mol. The molecule has 1 amide bonds. The first-order valence-corrected chi connectivity index (χ1v) is 5.37. The van der Waals surface area contributed by atoms with Crippen LogP contribution < -0.4 is 11.1 Å². The van der Waals surface area contributed by atoms with E-state index in [0.29, 0.717) is 0 Å². The minimum absolute atomic E-state index is 0. The van der Waals surface area contributed by atoms with Gasteiger partial charge >= 0.3 is 0 Å². The fourth-order valence-electron chi connectivity index (χ4n) is 0.920. The molecule has 0 fully saturated rings. The Balaban J connectivity index is 0.00000196. The topological polar surface area (TPSA) is 68.0 Å². The molecule has 0 aliphatic carbocycles. The number of hydrogen-bond acceptors (Lipinski definition) is 4. The largest absolute Gasteiger partial charge is 0.320 e. The van der Waals surface area contributed by atoms with Gasteiger partial charge < -0.3 is 11.1 Å². The van der Waals surface area contributed by atoms with E-state index in [4.69, 9.17) is 5.73 Å². The first-order valence-electron chi connectivity index (χ1n) is 4.49. The highest BCUT2D eigenvalue weighted by atomic mass is 35.5. The minimum Gasteiger partial charge on any atom is -0.320 e. The number of amides is 1. The molecule has 0 saturated heterocycles. The zero-order chi connectivity index (χ0) is 10.7. The molecule has 4 nitrogen and oxygen atoms in total. The fourth-order valence-corrected chi connectivity index (χ4v) is 1.62. The first-order chi connectivity index (χ1) is 6.52. The molecule has 0 saturated carbocycles. The summed E-state index contributed by atoms with van der Waals surface area (Å²) in [4.78, 5) is 15.6. The highest BCUT2D eigenvalue weighted by molar-refractivity contribution is 7.14. The molecule has 1 atom stereocenters. The van der Waals surface area contributed by atoms with Gasteiger partial charge in [0.25, 0.3) is 0 Å². The average Bonchev–Trinajstić information content (AvgIpc) is 2.50. The lowest BCUT2D eigenvalue weighted by molar-refractivity contribution is -0.118. The summed E-state index contributed by atoms with van der Waals surface area (Å²) in [7, 11) is 0. The highest BCUT2D eigenvalue weighted by Gasteiger charge is 2.18. The molecular formula is C9H16ClN3OS. The predicted molar refractivity (Wildman–Crippen MR) is 65.5 cm³/mol. The number of aromatic nitrogens is 1. The van der Waals surface area contributed by atoms with Crippen LogP contribution in [0.25, 0.3) is 0 Å². The van der Waals surface area contributed by atoms with Crippen LogP contribution in [-0.4, -0.2) is 16.9 Å². The van der Waals surface area contributed by atoms with Gasteiger partial charge in [-0.05, 0) is 12.8 Å². The Kier molecular flexibility index (Phi) is 5.79. The molecule has 0 spiro atoms. The number of aryl methyl sites for hydroxylation is 1.